The predicted octanol–water partition coefficient (Wildman–Crippen LogP) is 4.03. The van der Waals surface area contributed by atoms with E-state index in [0.29, 0.717) is 25.3 Å². The molecule has 0 aromatic heterocycles. The number of ether oxygens (including phenoxy) is 1. The van der Waals surface area contributed by atoms with Crippen molar-refractivity contribution in [3.8, 4) is 5.75 Å². The van der Waals surface area contributed by atoms with E-state index in [2.05, 4.69) is 28.4 Å². The molecule has 1 heterocycles. The Balaban J connectivity index is 1.51. The maximum atomic E-state index is 12.4. The van der Waals surface area contributed by atoms with Gasteiger partial charge in [-0.2, -0.15) is 0 Å². The number of nitrogens with one attached hydrogen (secondary N) is 1. The summed E-state index contributed by atoms with van der Waals surface area (Å²) < 4.78 is 6.15. The monoisotopic (exact) mass is 457 g/mol. The molecule has 0 saturated carbocycles. The average molecular weight is 458 g/mol. The van der Waals surface area contributed by atoms with Gasteiger partial charge in [0.2, 0.25) is 5.91 Å². The lowest BCUT2D eigenvalue weighted by Crippen LogP contribution is -2.49. The van der Waals surface area contributed by atoms with E-state index in [1.807, 2.05) is 59.5 Å². The summed E-state index contributed by atoms with van der Waals surface area (Å²) in [5.74, 6) is 0.786. The Morgan fingerprint density at radius 3 is 2.50 bits per heavy atom. The fraction of sp³-hybridized carbons (Fsp3) is 0.286. The third-order valence-corrected chi connectivity index (χ3v) is 6.23. The molecule has 34 heavy (non-hydrogen) atoms. The van der Waals surface area contributed by atoms with Crippen molar-refractivity contribution in [1.29, 1.82) is 0 Å². The van der Waals surface area contributed by atoms with Gasteiger partial charge in [-0.25, -0.2) is 0 Å². The zero-order valence-electron chi connectivity index (χ0n) is 19.7. The molecule has 2 amide bonds. The quantitative estimate of drug-likeness (QED) is 0.582. The van der Waals surface area contributed by atoms with E-state index in [0.717, 1.165) is 35.5 Å². The topological polar surface area (TPSA) is 61.9 Å². The van der Waals surface area contributed by atoms with Gasteiger partial charge in [0.15, 0.2) is 0 Å². The Morgan fingerprint density at radius 1 is 0.971 bits per heavy atom. The van der Waals surface area contributed by atoms with Gasteiger partial charge in [0.05, 0.1) is 6.04 Å². The molecule has 0 spiro atoms. The Kier molecular flexibility index (Phi) is 7.60. The fourth-order valence-electron chi connectivity index (χ4n) is 4.43. The first-order valence-electron chi connectivity index (χ1n) is 11.6. The van der Waals surface area contributed by atoms with Crippen LogP contribution in [0.1, 0.15) is 40.0 Å². The molecule has 0 radical (unpaired) electrons. The number of piperazine rings is 1. The largest absolute Gasteiger partial charge is 0.489 e. The van der Waals surface area contributed by atoms with E-state index in [1.165, 1.54) is 0 Å². The van der Waals surface area contributed by atoms with Crippen molar-refractivity contribution in [2.24, 2.45) is 0 Å². The van der Waals surface area contributed by atoms with Gasteiger partial charge < -0.3 is 15.0 Å². The van der Waals surface area contributed by atoms with Crippen LogP contribution in [0.5, 0.6) is 5.75 Å². The molecule has 1 aliphatic rings. The molecule has 4 rings (SSSR count). The zero-order chi connectivity index (χ0) is 23.9. The minimum atomic E-state index is -0.131. The second-order valence-corrected chi connectivity index (χ2v) is 8.55. The molecule has 0 bridgehead atoms. The number of benzene rings is 3. The number of carbonyl (C=O) groups is 2. The van der Waals surface area contributed by atoms with E-state index < -0.39 is 0 Å². The van der Waals surface area contributed by atoms with E-state index >= 15 is 0 Å². The summed E-state index contributed by atoms with van der Waals surface area (Å²) in [7, 11) is 1.62. The van der Waals surface area contributed by atoms with Crippen molar-refractivity contribution in [3.63, 3.8) is 0 Å². The summed E-state index contributed by atoms with van der Waals surface area (Å²) in [6.45, 7) is 4.95. The number of hydrogen-bond acceptors (Lipinski definition) is 4. The standard InChI is InChI=1S/C28H31N3O3/c1-21(32)31-16-15-30(19-26(31)23-12-8-13-24(17-23)28(33)29-2)18-25-11-6-7-14-27(25)34-20-22-9-4-3-5-10-22/h3-14,17,26H,15-16,18-20H2,1-2H3,(H,29,33)/t26-/m0/s1. The van der Waals surface area contributed by atoms with Crippen molar-refractivity contribution in [2.45, 2.75) is 26.1 Å². The van der Waals surface area contributed by atoms with Crippen LogP contribution in [-0.2, 0) is 17.9 Å². The van der Waals surface area contributed by atoms with Crippen molar-refractivity contribution in [3.05, 3.63) is 101 Å². The number of para-hydroxylation sites is 1. The van der Waals surface area contributed by atoms with Crippen molar-refractivity contribution < 1.29 is 14.3 Å². The van der Waals surface area contributed by atoms with Gasteiger partial charge in [-0.15, -0.1) is 0 Å². The van der Waals surface area contributed by atoms with Crippen LogP contribution in [-0.4, -0.2) is 48.3 Å². The van der Waals surface area contributed by atoms with E-state index in [1.54, 1.807) is 20.0 Å². The molecule has 1 saturated heterocycles. The predicted molar refractivity (Wildman–Crippen MR) is 132 cm³/mol. The van der Waals surface area contributed by atoms with Crippen LogP contribution in [0.2, 0.25) is 0 Å². The van der Waals surface area contributed by atoms with Crippen molar-refractivity contribution >= 4 is 11.8 Å². The highest BCUT2D eigenvalue weighted by Crippen LogP contribution is 2.29. The van der Waals surface area contributed by atoms with Crippen molar-refractivity contribution in [1.82, 2.24) is 15.1 Å². The molecule has 3 aromatic rings. The first kappa shape index (κ1) is 23.5. The van der Waals surface area contributed by atoms with Crippen LogP contribution in [0.3, 0.4) is 0 Å². The van der Waals surface area contributed by atoms with Gasteiger partial charge >= 0.3 is 0 Å². The molecule has 1 N–H and O–H groups in total. The maximum absolute atomic E-state index is 12.4. The normalized spacial score (nSPS) is 16.2. The summed E-state index contributed by atoms with van der Waals surface area (Å²) in [6.07, 6.45) is 0. The fourth-order valence-corrected chi connectivity index (χ4v) is 4.43. The van der Waals surface area contributed by atoms with Crippen LogP contribution < -0.4 is 10.1 Å². The van der Waals surface area contributed by atoms with Gasteiger partial charge in [-0.3, -0.25) is 14.5 Å². The highest BCUT2D eigenvalue weighted by atomic mass is 16.5. The Labute approximate surface area is 201 Å². The average Bonchev–Trinajstić information content (AvgIpc) is 2.88. The Hall–Kier alpha value is -3.64. The summed E-state index contributed by atoms with van der Waals surface area (Å²) in [6, 6.07) is 25.7. The van der Waals surface area contributed by atoms with Gasteiger partial charge in [-0.05, 0) is 29.3 Å². The van der Waals surface area contributed by atoms with Gasteiger partial charge in [0.1, 0.15) is 12.4 Å². The molecule has 0 unspecified atom stereocenters. The third kappa shape index (κ3) is 5.64. The third-order valence-electron chi connectivity index (χ3n) is 6.23. The SMILES string of the molecule is CNC(=O)c1cccc([C@@H]2CN(Cc3ccccc3OCc3ccccc3)CCN2C(C)=O)c1. The first-order chi connectivity index (χ1) is 16.5. The molecular formula is C28H31N3O3. The van der Waals surface area contributed by atoms with Crippen LogP contribution in [0.4, 0.5) is 0 Å². The number of nitrogens with zero attached hydrogens (tertiary/aromatic N) is 2. The molecular weight excluding hydrogens is 426 g/mol. The molecule has 6 nitrogen and oxygen atoms in total. The Bertz CT molecular complexity index is 1130. The Morgan fingerprint density at radius 2 is 1.74 bits per heavy atom. The summed E-state index contributed by atoms with van der Waals surface area (Å²) in [5, 5.41) is 2.67. The summed E-state index contributed by atoms with van der Waals surface area (Å²) in [4.78, 5) is 28.8. The van der Waals surface area contributed by atoms with Crippen molar-refractivity contribution in [2.75, 3.05) is 26.7 Å². The van der Waals surface area contributed by atoms with Crippen LogP contribution >= 0.6 is 0 Å². The molecule has 6 heteroatoms. The maximum Gasteiger partial charge on any atom is 0.251 e. The van der Waals surface area contributed by atoms with Gasteiger partial charge in [0, 0.05) is 51.3 Å². The molecule has 1 atom stereocenters. The smallest absolute Gasteiger partial charge is 0.251 e. The number of rotatable bonds is 7. The summed E-state index contributed by atoms with van der Waals surface area (Å²) >= 11 is 0. The summed E-state index contributed by atoms with van der Waals surface area (Å²) in [5.41, 5.74) is 3.81. The molecule has 1 aliphatic heterocycles. The lowest BCUT2D eigenvalue weighted by atomic mass is 9.99. The molecule has 176 valence electrons. The number of carbonyl (C=O) groups excluding carboxylic acids is 2. The second-order valence-electron chi connectivity index (χ2n) is 8.55. The minimum Gasteiger partial charge on any atom is -0.489 e. The van der Waals surface area contributed by atoms with Gasteiger partial charge in [-0.1, -0.05) is 60.7 Å². The van der Waals surface area contributed by atoms with Gasteiger partial charge in [0.25, 0.3) is 5.91 Å². The highest BCUT2D eigenvalue weighted by molar-refractivity contribution is 5.94. The van der Waals surface area contributed by atoms with E-state index in [4.69, 9.17) is 4.74 Å². The van der Waals surface area contributed by atoms with Crippen LogP contribution in [0, 0.1) is 0 Å². The first-order valence-corrected chi connectivity index (χ1v) is 11.6. The second kappa shape index (κ2) is 11.0. The molecule has 3 aromatic carbocycles. The lowest BCUT2D eigenvalue weighted by Gasteiger charge is -2.41. The van der Waals surface area contributed by atoms with Crippen LogP contribution in [0.25, 0.3) is 0 Å². The zero-order valence-corrected chi connectivity index (χ0v) is 19.7. The van der Waals surface area contributed by atoms with E-state index in [-0.39, 0.29) is 17.9 Å². The lowest BCUT2D eigenvalue weighted by molar-refractivity contribution is -0.134. The van der Waals surface area contributed by atoms with E-state index in [9.17, 15) is 9.59 Å². The minimum absolute atomic E-state index is 0.0431. The number of hydrogen-bond donors (Lipinski definition) is 1. The molecule has 1 fully saturated rings. The van der Waals surface area contributed by atoms with Crippen LogP contribution in [0.15, 0.2) is 78.9 Å². The molecule has 0 aliphatic carbocycles. The highest BCUT2D eigenvalue weighted by Gasteiger charge is 2.30. The number of amides is 2.